The van der Waals surface area contributed by atoms with Crippen LogP contribution in [0.25, 0.3) is 11.1 Å². The van der Waals surface area contributed by atoms with Gasteiger partial charge in [0.2, 0.25) is 5.91 Å². The van der Waals surface area contributed by atoms with Gasteiger partial charge in [-0.25, -0.2) is 14.0 Å². The van der Waals surface area contributed by atoms with Gasteiger partial charge in [0, 0.05) is 12.1 Å². The molecule has 150 valence electrons. The first kappa shape index (κ1) is 18.9. The van der Waals surface area contributed by atoms with Crippen LogP contribution in [0.5, 0.6) is 0 Å². The van der Waals surface area contributed by atoms with Crippen molar-refractivity contribution < 1.29 is 23.5 Å². The van der Waals surface area contributed by atoms with E-state index in [2.05, 4.69) is 5.32 Å². The maximum Gasteiger partial charge on any atom is 0.414 e. The maximum absolute atomic E-state index is 14.7. The lowest BCUT2D eigenvalue weighted by Crippen LogP contribution is -2.39. The molecule has 2 aromatic carbocycles. The Morgan fingerprint density at radius 3 is 2.52 bits per heavy atom. The Labute approximate surface area is 166 Å². The van der Waals surface area contributed by atoms with Crippen molar-refractivity contribution in [1.82, 2.24) is 10.2 Å². The summed E-state index contributed by atoms with van der Waals surface area (Å²) in [6, 6.07) is 11.2. The molecule has 2 aliphatic heterocycles. The van der Waals surface area contributed by atoms with E-state index < -0.39 is 24.0 Å². The number of anilines is 1. The van der Waals surface area contributed by atoms with Crippen molar-refractivity contribution in [1.29, 1.82) is 0 Å². The van der Waals surface area contributed by atoms with Crippen molar-refractivity contribution in [3.05, 3.63) is 53.8 Å². The molecule has 2 aliphatic rings. The smallest absolute Gasteiger partial charge is 0.414 e. The van der Waals surface area contributed by atoms with Crippen LogP contribution in [0.4, 0.5) is 19.7 Å². The summed E-state index contributed by atoms with van der Waals surface area (Å²) < 4.78 is 20.0. The number of ether oxygens (including phenoxy) is 1. The second-order valence-electron chi connectivity index (χ2n) is 6.84. The lowest BCUT2D eigenvalue weighted by Gasteiger charge is -2.17. The largest absolute Gasteiger partial charge is 0.442 e. The van der Waals surface area contributed by atoms with Crippen molar-refractivity contribution in [2.75, 3.05) is 24.5 Å². The highest BCUT2D eigenvalue weighted by atomic mass is 19.1. The van der Waals surface area contributed by atoms with Crippen molar-refractivity contribution in [3.63, 3.8) is 0 Å². The lowest BCUT2D eigenvalue weighted by atomic mass is 10.0. The van der Waals surface area contributed by atoms with Crippen molar-refractivity contribution in [2.24, 2.45) is 5.73 Å². The first-order valence-electron chi connectivity index (χ1n) is 9.11. The summed E-state index contributed by atoms with van der Waals surface area (Å²) in [7, 11) is 0. The third-order valence-corrected chi connectivity index (χ3v) is 4.96. The molecule has 29 heavy (non-hydrogen) atoms. The third kappa shape index (κ3) is 3.64. The Kier molecular flexibility index (Phi) is 4.89. The van der Waals surface area contributed by atoms with Crippen LogP contribution in [-0.2, 0) is 16.1 Å². The molecule has 1 atom stereocenters. The molecule has 0 aromatic heterocycles. The van der Waals surface area contributed by atoms with E-state index in [9.17, 15) is 18.8 Å². The first-order valence-corrected chi connectivity index (χ1v) is 9.11. The van der Waals surface area contributed by atoms with Crippen molar-refractivity contribution >= 4 is 23.7 Å². The van der Waals surface area contributed by atoms with Gasteiger partial charge in [0.15, 0.2) is 0 Å². The lowest BCUT2D eigenvalue weighted by molar-refractivity contribution is -0.125. The van der Waals surface area contributed by atoms with Crippen LogP contribution in [0.1, 0.15) is 5.56 Å². The number of carbonyl (C=O) groups is 3. The number of nitrogens with zero attached hydrogens (tertiary/aromatic N) is 2. The molecule has 0 aliphatic carbocycles. The number of carbonyl (C=O) groups excluding carboxylic acids is 3. The maximum atomic E-state index is 14.7. The fourth-order valence-electron chi connectivity index (χ4n) is 3.40. The van der Waals surface area contributed by atoms with Crippen LogP contribution in [0.2, 0.25) is 0 Å². The number of amides is 4. The molecular formula is C20H19FN4O4. The Morgan fingerprint density at radius 2 is 1.90 bits per heavy atom. The molecule has 0 unspecified atom stereocenters. The van der Waals surface area contributed by atoms with Gasteiger partial charge in [0.05, 0.1) is 25.3 Å². The van der Waals surface area contributed by atoms with E-state index >= 15 is 0 Å². The van der Waals surface area contributed by atoms with Crippen molar-refractivity contribution in [3.8, 4) is 11.1 Å². The second-order valence-corrected chi connectivity index (χ2v) is 6.84. The number of hydrogen-bond acceptors (Lipinski definition) is 5. The molecule has 2 heterocycles. The molecule has 4 rings (SSSR count). The fraction of sp³-hybridized carbons (Fsp3) is 0.250. The standard InChI is InChI=1S/C20H19FN4O4/c21-17-7-14(5-6-16(17)13-3-1-12(8-22)2-4-13)24-10-15(29-20(24)28)11-25-18(26)9-23-19(25)27/h1-7,15H,8-11,22H2,(H,23,27)/t15-/m1/s1. The number of rotatable bonds is 5. The molecular weight excluding hydrogens is 379 g/mol. The molecule has 0 spiro atoms. The molecule has 3 N–H and O–H groups in total. The zero-order chi connectivity index (χ0) is 20.5. The Balaban J connectivity index is 1.49. The van der Waals surface area contributed by atoms with E-state index in [1.165, 1.54) is 11.0 Å². The van der Waals surface area contributed by atoms with E-state index in [1.807, 2.05) is 12.1 Å². The van der Waals surface area contributed by atoms with Crippen LogP contribution in [0.3, 0.4) is 0 Å². The highest BCUT2D eigenvalue weighted by Gasteiger charge is 2.38. The molecule has 2 fully saturated rings. The summed E-state index contributed by atoms with van der Waals surface area (Å²) in [5.74, 6) is -0.853. The summed E-state index contributed by atoms with van der Waals surface area (Å²) in [6.07, 6.45) is -1.33. The quantitative estimate of drug-likeness (QED) is 0.748. The predicted octanol–water partition coefficient (Wildman–Crippen LogP) is 1.83. The molecule has 2 saturated heterocycles. The van der Waals surface area contributed by atoms with Crippen molar-refractivity contribution in [2.45, 2.75) is 12.6 Å². The van der Waals surface area contributed by atoms with E-state index in [4.69, 9.17) is 10.5 Å². The summed E-state index contributed by atoms with van der Waals surface area (Å²) in [4.78, 5) is 37.9. The van der Waals surface area contributed by atoms with Crippen LogP contribution in [0, 0.1) is 5.82 Å². The van der Waals surface area contributed by atoms with Gasteiger partial charge >= 0.3 is 12.1 Å². The molecule has 8 nitrogen and oxygen atoms in total. The normalized spacial score (nSPS) is 19.0. The predicted molar refractivity (Wildman–Crippen MR) is 102 cm³/mol. The molecule has 0 radical (unpaired) electrons. The fourth-order valence-corrected chi connectivity index (χ4v) is 3.40. The van der Waals surface area contributed by atoms with E-state index in [0.29, 0.717) is 23.4 Å². The Morgan fingerprint density at radius 1 is 1.14 bits per heavy atom. The summed E-state index contributed by atoms with van der Waals surface area (Å²) in [5, 5.41) is 2.41. The minimum Gasteiger partial charge on any atom is -0.442 e. The molecule has 0 bridgehead atoms. The number of benzene rings is 2. The van der Waals surface area contributed by atoms with E-state index in [0.717, 1.165) is 10.5 Å². The molecule has 0 saturated carbocycles. The highest BCUT2D eigenvalue weighted by molar-refractivity contribution is 6.02. The van der Waals surface area contributed by atoms with E-state index in [1.54, 1.807) is 24.3 Å². The zero-order valence-corrected chi connectivity index (χ0v) is 15.4. The van der Waals surface area contributed by atoms with Gasteiger partial charge in [-0.15, -0.1) is 0 Å². The van der Waals surface area contributed by atoms with Gasteiger partial charge in [0.25, 0.3) is 0 Å². The van der Waals surface area contributed by atoms with E-state index in [-0.39, 0.29) is 25.5 Å². The van der Waals surface area contributed by atoms with Gasteiger partial charge in [-0.1, -0.05) is 24.3 Å². The van der Waals surface area contributed by atoms with Gasteiger partial charge in [-0.2, -0.15) is 0 Å². The van der Waals surface area contributed by atoms with Crippen LogP contribution in [0.15, 0.2) is 42.5 Å². The summed E-state index contributed by atoms with van der Waals surface area (Å²) in [6.45, 7) is 0.410. The number of cyclic esters (lactones) is 1. The summed E-state index contributed by atoms with van der Waals surface area (Å²) in [5.41, 5.74) is 7.97. The number of halogens is 1. The van der Waals surface area contributed by atoms with Crippen LogP contribution < -0.4 is 16.0 Å². The highest BCUT2D eigenvalue weighted by Crippen LogP contribution is 2.29. The van der Waals surface area contributed by atoms with Gasteiger partial charge in [-0.05, 0) is 29.3 Å². The summed E-state index contributed by atoms with van der Waals surface area (Å²) >= 11 is 0. The number of nitrogens with two attached hydrogens (primary N) is 1. The average molecular weight is 398 g/mol. The monoisotopic (exact) mass is 398 g/mol. The number of urea groups is 1. The topological polar surface area (TPSA) is 105 Å². The first-order chi connectivity index (χ1) is 14.0. The number of imide groups is 1. The number of hydrogen-bond donors (Lipinski definition) is 2. The Bertz CT molecular complexity index is 963. The van der Waals surface area contributed by atoms with Gasteiger partial charge in [0.1, 0.15) is 11.9 Å². The van der Waals surface area contributed by atoms with Gasteiger partial charge in [-0.3, -0.25) is 14.6 Å². The Hall–Kier alpha value is -3.46. The molecule has 2 aromatic rings. The van der Waals surface area contributed by atoms with Crippen LogP contribution in [-0.4, -0.2) is 48.7 Å². The average Bonchev–Trinajstić information content (AvgIpc) is 3.24. The van der Waals surface area contributed by atoms with Gasteiger partial charge < -0.3 is 15.8 Å². The second kappa shape index (κ2) is 7.51. The molecule has 9 heteroatoms. The minimum atomic E-state index is -0.679. The van der Waals surface area contributed by atoms with Crippen LogP contribution >= 0.6 is 0 Å². The minimum absolute atomic E-state index is 0.0407. The third-order valence-electron chi connectivity index (χ3n) is 4.96. The zero-order valence-electron chi connectivity index (χ0n) is 15.4. The SMILES string of the molecule is NCc1ccc(-c2ccc(N3C[C@H](CN4C(=O)CNC4=O)OC3=O)cc2F)cc1. The number of nitrogens with one attached hydrogen (secondary N) is 1. The molecule has 4 amide bonds.